The number of aromatic amines is 1. The van der Waals surface area contributed by atoms with Gasteiger partial charge in [0.1, 0.15) is 11.2 Å². The number of unbranched alkanes of at least 4 members (excludes halogenated alkanes) is 1. The van der Waals surface area contributed by atoms with Crippen LogP contribution in [-0.2, 0) is 4.74 Å². The van der Waals surface area contributed by atoms with Gasteiger partial charge < -0.3 is 14.8 Å². The van der Waals surface area contributed by atoms with Crippen LogP contribution in [0.3, 0.4) is 0 Å². The molecular formula is C12H14N2O3. The maximum absolute atomic E-state index is 11.8. The molecule has 5 nitrogen and oxygen atoms in total. The van der Waals surface area contributed by atoms with Crippen LogP contribution < -0.4 is 0 Å². The molecule has 0 aliphatic carbocycles. The van der Waals surface area contributed by atoms with Crippen LogP contribution in [-0.4, -0.2) is 27.7 Å². The number of pyridine rings is 1. The highest BCUT2D eigenvalue weighted by Crippen LogP contribution is 2.26. The Morgan fingerprint density at radius 3 is 3.18 bits per heavy atom. The Labute approximate surface area is 98.4 Å². The van der Waals surface area contributed by atoms with Gasteiger partial charge in [-0.3, -0.25) is 0 Å². The van der Waals surface area contributed by atoms with Gasteiger partial charge in [-0.05, 0) is 18.6 Å². The van der Waals surface area contributed by atoms with Crippen LogP contribution in [0.1, 0.15) is 30.1 Å². The molecule has 0 aromatic carbocycles. The topological polar surface area (TPSA) is 75.2 Å². The second-order valence-electron chi connectivity index (χ2n) is 3.74. The minimum Gasteiger partial charge on any atom is -0.494 e. The average Bonchev–Trinajstić information content (AvgIpc) is 2.65. The number of ether oxygens (including phenoxy) is 1. The molecule has 2 aromatic heterocycles. The predicted molar refractivity (Wildman–Crippen MR) is 62.9 cm³/mol. The van der Waals surface area contributed by atoms with Crippen molar-refractivity contribution in [1.29, 1.82) is 0 Å². The molecular weight excluding hydrogens is 220 g/mol. The molecule has 0 atom stereocenters. The molecule has 5 heteroatoms. The molecule has 0 bridgehead atoms. The standard InChI is InChI=1S/C12H14N2O3/c1-2-3-7-17-12(16)9-8-5-4-6-13-10(8)14-11(9)15/h4-6,15H,2-3,7H2,1H3,(H,13,14). The summed E-state index contributed by atoms with van der Waals surface area (Å²) in [5.74, 6) is -0.713. The van der Waals surface area contributed by atoms with Crippen LogP contribution in [0.5, 0.6) is 5.88 Å². The van der Waals surface area contributed by atoms with E-state index < -0.39 is 5.97 Å². The SMILES string of the molecule is CCCCOC(=O)c1c(O)[nH]c2ncccc12. The number of fused-ring (bicyclic) bond motifs is 1. The maximum atomic E-state index is 11.8. The smallest absolute Gasteiger partial charge is 0.344 e. The van der Waals surface area contributed by atoms with Crippen LogP contribution >= 0.6 is 0 Å². The quantitative estimate of drug-likeness (QED) is 0.628. The Hall–Kier alpha value is -2.04. The van der Waals surface area contributed by atoms with E-state index in [1.54, 1.807) is 18.3 Å². The molecule has 0 radical (unpaired) electrons. The second-order valence-corrected chi connectivity index (χ2v) is 3.74. The lowest BCUT2D eigenvalue weighted by Crippen LogP contribution is -2.05. The van der Waals surface area contributed by atoms with Gasteiger partial charge in [-0.15, -0.1) is 0 Å². The lowest BCUT2D eigenvalue weighted by molar-refractivity contribution is 0.0499. The third-order valence-electron chi connectivity index (χ3n) is 2.49. The molecule has 0 aliphatic rings. The van der Waals surface area contributed by atoms with E-state index in [0.717, 1.165) is 12.8 Å². The largest absolute Gasteiger partial charge is 0.494 e. The van der Waals surface area contributed by atoms with E-state index in [0.29, 0.717) is 17.6 Å². The van der Waals surface area contributed by atoms with Crippen LogP contribution in [0.25, 0.3) is 11.0 Å². The first-order chi connectivity index (χ1) is 8.24. The Balaban J connectivity index is 2.28. The van der Waals surface area contributed by atoms with Gasteiger partial charge in [0.2, 0.25) is 5.88 Å². The highest BCUT2D eigenvalue weighted by Gasteiger charge is 2.19. The number of carbonyl (C=O) groups excluding carboxylic acids is 1. The first-order valence-corrected chi connectivity index (χ1v) is 5.56. The van der Waals surface area contributed by atoms with Gasteiger partial charge >= 0.3 is 5.97 Å². The number of nitrogens with one attached hydrogen (secondary N) is 1. The molecule has 17 heavy (non-hydrogen) atoms. The fraction of sp³-hybridized carbons (Fsp3) is 0.333. The van der Waals surface area contributed by atoms with E-state index in [9.17, 15) is 9.90 Å². The number of carbonyl (C=O) groups is 1. The van der Waals surface area contributed by atoms with Gasteiger partial charge in [0, 0.05) is 11.6 Å². The molecule has 90 valence electrons. The van der Waals surface area contributed by atoms with Crippen molar-refractivity contribution in [2.45, 2.75) is 19.8 Å². The number of nitrogens with zero attached hydrogens (tertiary/aromatic N) is 1. The molecule has 2 rings (SSSR count). The van der Waals surface area contributed by atoms with E-state index in [1.807, 2.05) is 6.92 Å². The number of aromatic hydroxyl groups is 1. The van der Waals surface area contributed by atoms with Crippen molar-refractivity contribution in [3.8, 4) is 5.88 Å². The van der Waals surface area contributed by atoms with Crippen molar-refractivity contribution < 1.29 is 14.6 Å². The predicted octanol–water partition coefficient (Wildman–Crippen LogP) is 2.23. The normalized spacial score (nSPS) is 10.6. The van der Waals surface area contributed by atoms with E-state index >= 15 is 0 Å². The number of hydrogen-bond acceptors (Lipinski definition) is 4. The maximum Gasteiger partial charge on any atom is 0.344 e. The van der Waals surface area contributed by atoms with Crippen molar-refractivity contribution in [3.05, 3.63) is 23.9 Å². The van der Waals surface area contributed by atoms with Gasteiger partial charge in [-0.2, -0.15) is 0 Å². The van der Waals surface area contributed by atoms with E-state index in [4.69, 9.17) is 4.74 Å². The molecule has 0 saturated heterocycles. The fourth-order valence-corrected chi connectivity index (χ4v) is 1.60. The summed E-state index contributed by atoms with van der Waals surface area (Å²) >= 11 is 0. The first-order valence-electron chi connectivity index (χ1n) is 5.56. The third-order valence-corrected chi connectivity index (χ3v) is 2.49. The van der Waals surface area contributed by atoms with E-state index in [2.05, 4.69) is 9.97 Å². The molecule has 0 saturated carbocycles. The Morgan fingerprint density at radius 2 is 2.41 bits per heavy atom. The molecule has 2 aromatic rings. The van der Waals surface area contributed by atoms with Crippen LogP contribution in [0.15, 0.2) is 18.3 Å². The van der Waals surface area contributed by atoms with Crippen LogP contribution in [0, 0.1) is 0 Å². The Morgan fingerprint density at radius 1 is 1.59 bits per heavy atom. The number of H-pyrrole nitrogens is 1. The van der Waals surface area contributed by atoms with Crippen molar-refractivity contribution in [3.63, 3.8) is 0 Å². The van der Waals surface area contributed by atoms with Crippen LogP contribution in [0.2, 0.25) is 0 Å². The fourth-order valence-electron chi connectivity index (χ4n) is 1.60. The lowest BCUT2D eigenvalue weighted by Gasteiger charge is -2.02. The number of esters is 1. The summed E-state index contributed by atoms with van der Waals surface area (Å²) in [7, 11) is 0. The second kappa shape index (κ2) is 4.86. The van der Waals surface area contributed by atoms with Gasteiger partial charge in [0.15, 0.2) is 0 Å². The summed E-state index contributed by atoms with van der Waals surface area (Å²) in [5, 5.41) is 10.2. The minimum atomic E-state index is -0.518. The molecule has 0 unspecified atom stereocenters. The van der Waals surface area contributed by atoms with Gasteiger partial charge in [-0.25, -0.2) is 9.78 Å². The highest BCUT2D eigenvalue weighted by atomic mass is 16.5. The molecule has 0 spiro atoms. The van der Waals surface area contributed by atoms with E-state index in [-0.39, 0.29) is 11.4 Å². The summed E-state index contributed by atoms with van der Waals surface area (Å²) in [6, 6.07) is 3.42. The molecule has 2 N–H and O–H groups in total. The van der Waals surface area contributed by atoms with Crippen molar-refractivity contribution in [1.82, 2.24) is 9.97 Å². The molecule has 0 aliphatic heterocycles. The summed E-state index contributed by atoms with van der Waals surface area (Å²) in [4.78, 5) is 18.4. The summed E-state index contributed by atoms with van der Waals surface area (Å²) in [6.07, 6.45) is 3.35. The number of hydrogen-bond donors (Lipinski definition) is 2. The minimum absolute atomic E-state index is 0.157. The van der Waals surface area contributed by atoms with E-state index in [1.165, 1.54) is 0 Å². The van der Waals surface area contributed by atoms with Gasteiger partial charge in [0.05, 0.1) is 6.61 Å². The zero-order chi connectivity index (χ0) is 12.3. The molecule has 2 heterocycles. The van der Waals surface area contributed by atoms with Crippen molar-refractivity contribution in [2.75, 3.05) is 6.61 Å². The summed E-state index contributed by atoms with van der Waals surface area (Å²) < 4.78 is 5.07. The van der Waals surface area contributed by atoms with Gasteiger partial charge in [-0.1, -0.05) is 13.3 Å². The zero-order valence-corrected chi connectivity index (χ0v) is 9.56. The molecule has 0 fully saturated rings. The zero-order valence-electron chi connectivity index (χ0n) is 9.56. The average molecular weight is 234 g/mol. The molecule has 0 amide bonds. The number of rotatable bonds is 4. The summed E-state index contributed by atoms with van der Waals surface area (Å²) in [6.45, 7) is 2.38. The van der Waals surface area contributed by atoms with Crippen molar-refractivity contribution in [2.24, 2.45) is 0 Å². The summed E-state index contributed by atoms with van der Waals surface area (Å²) in [5.41, 5.74) is 0.636. The number of aromatic nitrogens is 2. The monoisotopic (exact) mass is 234 g/mol. The Kier molecular flexibility index (Phi) is 3.27. The highest BCUT2D eigenvalue weighted by molar-refractivity contribution is 6.05. The third kappa shape index (κ3) is 2.22. The van der Waals surface area contributed by atoms with Crippen LogP contribution in [0.4, 0.5) is 0 Å². The first kappa shape index (κ1) is 11.4. The van der Waals surface area contributed by atoms with Gasteiger partial charge in [0.25, 0.3) is 0 Å². The van der Waals surface area contributed by atoms with Crippen molar-refractivity contribution >= 4 is 17.0 Å². The lowest BCUT2D eigenvalue weighted by atomic mass is 10.2. The Bertz CT molecular complexity index is 534.